The van der Waals surface area contributed by atoms with E-state index in [1.807, 2.05) is 19.1 Å². The first-order valence-electron chi connectivity index (χ1n) is 10.3. The molecule has 0 aromatic heterocycles. The predicted molar refractivity (Wildman–Crippen MR) is 118 cm³/mol. The van der Waals surface area contributed by atoms with Crippen LogP contribution in [0.5, 0.6) is 0 Å². The Balaban J connectivity index is 1.79. The average Bonchev–Trinajstić information content (AvgIpc) is 3.02. The van der Waals surface area contributed by atoms with Crippen LogP contribution in [0.1, 0.15) is 46.5 Å². The molecule has 1 aliphatic heterocycles. The van der Waals surface area contributed by atoms with Crippen LogP contribution in [0.25, 0.3) is 0 Å². The number of nitro groups is 1. The number of carbonyl (C=O) groups excluding carboxylic acids is 4. The Morgan fingerprint density at radius 1 is 1.09 bits per heavy atom. The van der Waals surface area contributed by atoms with E-state index >= 15 is 0 Å². The van der Waals surface area contributed by atoms with E-state index in [4.69, 9.17) is 4.74 Å². The third kappa shape index (κ3) is 4.89. The molecule has 10 nitrogen and oxygen atoms in total. The van der Waals surface area contributed by atoms with Crippen molar-refractivity contribution in [2.45, 2.75) is 33.2 Å². The quantitative estimate of drug-likeness (QED) is 0.281. The number of ether oxygens (including phenoxy) is 1. The minimum absolute atomic E-state index is 0.0670. The van der Waals surface area contributed by atoms with Crippen LogP contribution in [0.4, 0.5) is 11.4 Å². The molecule has 0 radical (unpaired) electrons. The molecule has 1 unspecified atom stereocenters. The molecule has 33 heavy (non-hydrogen) atoms. The third-order valence-corrected chi connectivity index (χ3v) is 5.16. The molecule has 172 valence electrons. The standard InChI is InChI=1S/C23H23N3O7/c1-13(2)11-18(23(30)33-12-19(27)24-16-9-5-4-7-14(16)3)25-21(28)15-8-6-10-17(26(31)32)20(15)22(25)29/h4-10,13,18H,11-12H2,1-3H3,(H,24,27). The van der Waals surface area contributed by atoms with Crippen LogP contribution in [0.15, 0.2) is 42.5 Å². The first kappa shape index (κ1) is 23.6. The second kappa shape index (κ2) is 9.60. The zero-order chi connectivity index (χ0) is 24.3. The van der Waals surface area contributed by atoms with Crippen molar-refractivity contribution < 1.29 is 28.8 Å². The Bertz CT molecular complexity index is 1140. The van der Waals surface area contributed by atoms with Gasteiger partial charge in [-0.3, -0.25) is 29.4 Å². The molecule has 0 bridgehead atoms. The summed E-state index contributed by atoms with van der Waals surface area (Å²) in [6.45, 7) is 4.75. The number of carbonyl (C=O) groups is 4. The van der Waals surface area contributed by atoms with Crippen molar-refractivity contribution in [1.29, 1.82) is 0 Å². The molecular weight excluding hydrogens is 430 g/mol. The SMILES string of the molecule is Cc1ccccc1NC(=O)COC(=O)C(CC(C)C)N1C(=O)c2cccc([N+](=O)[O-])c2C1=O. The van der Waals surface area contributed by atoms with Crippen molar-refractivity contribution >= 4 is 35.1 Å². The van der Waals surface area contributed by atoms with Gasteiger partial charge in [-0.25, -0.2) is 4.79 Å². The summed E-state index contributed by atoms with van der Waals surface area (Å²) in [5.74, 6) is -3.40. The molecule has 3 amide bonds. The van der Waals surface area contributed by atoms with E-state index < -0.39 is 47.0 Å². The molecule has 0 aliphatic carbocycles. The van der Waals surface area contributed by atoms with Crippen LogP contribution < -0.4 is 5.32 Å². The maximum Gasteiger partial charge on any atom is 0.329 e. The van der Waals surface area contributed by atoms with Crippen molar-refractivity contribution in [2.75, 3.05) is 11.9 Å². The second-order valence-electron chi connectivity index (χ2n) is 8.05. The van der Waals surface area contributed by atoms with Gasteiger partial charge in [-0.05, 0) is 37.0 Å². The molecule has 0 spiro atoms. The van der Waals surface area contributed by atoms with E-state index in [9.17, 15) is 29.3 Å². The molecular formula is C23H23N3O7. The van der Waals surface area contributed by atoms with Crippen molar-refractivity contribution in [3.63, 3.8) is 0 Å². The smallest absolute Gasteiger partial charge is 0.329 e. The van der Waals surface area contributed by atoms with Gasteiger partial charge in [0, 0.05) is 11.8 Å². The number of amides is 3. The number of benzene rings is 2. The highest BCUT2D eigenvalue weighted by atomic mass is 16.6. The molecule has 0 saturated heterocycles. The lowest BCUT2D eigenvalue weighted by Crippen LogP contribution is -2.47. The zero-order valence-electron chi connectivity index (χ0n) is 18.4. The summed E-state index contributed by atoms with van der Waals surface area (Å²) in [5, 5.41) is 14.0. The summed E-state index contributed by atoms with van der Waals surface area (Å²) in [5.41, 5.74) is 0.370. The molecule has 2 aromatic rings. The molecule has 0 fully saturated rings. The summed E-state index contributed by atoms with van der Waals surface area (Å²) in [7, 11) is 0. The topological polar surface area (TPSA) is 136 Å². The van der Waals surface area contributed by atoms with Crippen LogP contribution >= 0.6 is 0 Å². The summed E-state index contributed by atoms with van der Waals surface area (Å²) in [6.07, 6.45) is 0.0670. The summed E-state index contributed by atoms with van der Waals surface area (Å²) in [4.78, 5) is 62.3. The van der Waals surface area contributed by atoms with Crippen LogP contribution in [-0.2, 0) is 14.3 Å². The number of fused-ring (bicyclic) bond motifs is 1. The predicted octanol–water partition coefficient (Wildman–Crippen LogP) is 3.10. The highest BCUT2D eigenvalue weighted by molar-refractivity contribution is 6.24. The molecule has 10 heteroatoms. The fourth-order valence-electron chi connectivity index (χ4n) is 3.61. The van der Waals surface area contributed by atoms with E-state index in [-0.39, 0.29) is 23.5 Å². The first-order valence-corrected chi connectivity index (χ1v) is 10.3. The van der Waals surface area contributed by atoms with Gasteiger partial charge in [-0.2, -0.15) is 0 Å². The molecule has 0 saturated carbocycles. The van der Waals surface area contributed by atoms with Crippen molar-refractivity contribution in [1.82, 2.24) is 4.90 Å². The Kier molecular flexibility index (Phi) is 6.86. The number of rotatable bonds is 8. The van der Waals surface area contributed by atoms with Crippen LogP contribution in [0, 0.1) is 23.0 Å². The molecule has 1 aliphatic rings. The molecule has 2 aromatic carbocycles. The van der Waals surface area contributed by atoms with Gasteiger partial charge < -0.3 is 10.1 Å². The number of nitrogens with zero attached hydrogens (tertiary/aromatic N) is 2. The lowest BCUT2D eigenvalue weighted by Gasteiger charge is -2.25. The van der Waals surface area contributed by atoms with Gasteiger partial charge in [0.1, 0.15) is 11.6 Å². The normalized spacial score (nSPS) is 13.6. The summed E-state index contributed by atoms with van der Waals surface area (Å²) >= 11 is 0. The monoisotopic (exact) mass is 453 g/mol. The Hall–Kier alpha value is -4.08. The van der Waals surface area contributed by atoms with Gasteiger partial charge in [-0.1, -0.05) is 38.1 Å². The van der Waals surface area contributed by atoms with E-state index in [1.54, 1.807) is 26.0 Å². The molecule has 1 N–H and O–H groups in total. The summed E-state index contributed by atoms with van der Waals surface area (Å²) in [6, 6.07) is 9.46. The van der Waals surface area contributed by atoms with Gasteiger partial charge >= 0.3 is 5.97 Å². The number of anilines is 1. The number of nitrogens with one attached hydrogen (secondary N) is 1. The van der Waals surface area contributed by atoms with Crippen LogP contribution in [0.2, 0.25) is 0 Å². The largest absolute Gasteiger partial charge is 0.454 e. The van der Waals surface area contributed by atoms with E-state index in [2.05, 4.69) is 5.32 Å². The number of imide groups is 1. The number of para-hydroxylation sites is 1. The van der Waals surface area contributed by atoms with E-state index in [0.717, 1.165) is 11.6 Å². The zero-order valence-corrected chi connectivity index (χ0v) is 18.4. The lowest BCUT2D eigenvalue weighted by atomic mass is 10.0. The highest BCUT2D eigenvalue weighted by Gasteiger charge is 2.47. The van der Waals surface area contributed by atoms with Gasteiger partial charge in [0.25, 0.3) is 23.4 Å². The Morgan fingerprint density at radius 2 is 1.79 bits per heavy atom. The second-order valence-corrected chi connectivity index (χ2v) is 8.05. The average molecular weight is 453 g/mol. The number of nitro benzene ring substituents is 1. The van der Waals surface area contributed by atoms with Gasteiger partial charge in [0.2, 0.25) is 0 Å². The van der Waals surface area contributed by atoms with E-state index in [1.165, 1.54) is 12.1 Å². The minimum atomic E-state index is -1.33. The highest BCUT2D eigenvalue weighted by Crippen LogP contribution is 2.33. The third-order valence-electron chi connectivity index (χ3n) is 5.16. The van der Waals surface area contributed by atoms with Crippen LogP contribution in [0.3, 0.4) is 0 Å². The van der Waals surface area contributed by atoms with Gasteiger partial charge in [0.15, 0.2) is 6.61 Å². The van der Waals surface area contributed by atoms with Crippen molar-refractivity contribution in [3.05, 3.63) is 69.3 Å². The number of hydrogen-bond acceptors (Lipinski definition) is 7. The fraction of sp³-hybridized carbons (Fsp3) is 0.304. The summed E-state index contributed by atoms with van der Waals surface area (Å²) < 4.78 is 5.13. The number of hydrogen-bond donors (Lipinski definition) is 1. The molecule has 1 atom stereocenters. The van der Waals surface area contributed by atoms with Gasteiger partial charge in [-0.15, -0.1) is 0 Å². The Labute approximate surface area is 189 Å². The van der Waals surface area contributed by atoms with Crippen molar-refractivity contribution in [2.24, 2.45) is 5.92 Å². The Morgan fingerprint density at radius 3 is 2.42 bits per heavy atom. The van der Waals surface area contributed by atoms with Crippen molar-refractivity contribution in [3.8, 4) is 0 Å². The van der Waals surface area contributed by atoms with Crippen LogP contribution in [-0.4, -0.2) is 46.2 Å². The minimum Gasteiger partial charge on any atom is -0.454 e. The maximum absolute atomic E-state index is 13.0. The number of esters is 1. The maximum atomic E-state index is 13.0. The number of aryl methyl sites for hydroxylation is 1. The lowest BCUT2D eigenvalue weighted by molar-refractivity contribution is -0.385. The fourth-order valence-corrected chi connectivity index (χ4v) is 3.61. The van der Waals surface area contributed by atoms with E-state index in [0.29, 0.717) is 10.6 Å². The molecule has 3 rings (SSSR count). The molecule has 1 heterocycles. The first-order chi connectivity index (χ1) is 15.6. The van der Waals surface area contributed by atoms with Gasteiger partial charge in [0.05, 0.1) is 10.5 Å².